The van der Waals surface area contributed by atoms with Gasteiger partial charge in [0.05, 0.1) is 6.29 Å². The number of unbranched alkanes of at least 4 members (excludes halogenated alkanes) is 1. The van der Waals surface area contributed by atoms with Crippen LogP contribution < -0.4 is 16.4 Å². The summed E-state index contributed by atoms with van der Waals surface area (Å²) in [6.45, 7) is 1.15. The van der Waals surface area contributed by atoms with Crippen LogP contribution in [0, 0.1) is 5.41 Å². The van der Waals surface area contributed by atoms with E-state index in [1.54, 1.807) is 0 Å². The van der Waals surface area contributed by atoms with Crippen LogP contribution in [0.15, 0.2) is 0 Å². The lowest BCUT2D eigenvalue weighted by molar-refractivity contribution is 0.367. The SMILES string of the molecule is N=C(N)NCCCCNCP(=O)(O)O.O. The minimum atomic E-state index is -3.92. The van der Waals surface area contributed by atoms with E-state index in [4.69, 9.17) is 20.9 Å². The highest BCUT2D eigenvalue weighted by Gasteiger charge is 2.10. The number of nitrogens with one attached hydrogen (secondary N) is 3. The maximum absolute atomic E-state index is 10.4. The van der Waals surface area contributed by atoms with E-state index in [-0.39, 0.29) is 17.7 Å². The molecule has 0 unspecified atom stereocenters. The fourth-order valence-corrected chi connectivity index (χ4v) is 1.27. The van der Waals surface area contributed by atoms with Gasteiger partial charge in [0.1, 0.15) is 0 Å². The molecule has 0 atom stereocenters. The first-order chi connectivity index (χ1) is 6.42. The van der Waals surface area contributed by atoms with Gasteiger partial charge in [0.2, 0.25) is 0 Å². The van der Waals surface area contributed by atoms with E-state index in [0.29, 0.717) is 13.1 Å². The second-order valence-corrected chi connectivity index (χ2v) is 4.52. The smallest absolute Gasteiger partial charge is 0.339 e. The van der Waals surface area contributed by atoms with Crippen molar-refractivity contribution in [1.82, 2.24) is 10.6 Å². The molecule has 9 heteroatoms. The van der Waals surface area contributed by atoms with Crippen molar-refractivity contribution in [2.45, 2.75) is 12.8 Å². The predicted octanol–water partition coefficient (Wildman–Crippen LogP) is -1.85. The first-order valence-electron chi connectivity index (χ1n) is 4.25. The second kappa shape index (κ2) is 8.63. The summed E-state index contributed by atoms with van der Waals surface area (Å²) in [5.41, 5.74) is 5.04. The number of rotatable bonds is 7. The molecule has 8 nitrogen and oxygen atoms in total. The molecule has 0 saturated carbocycles. The number of nitrogens with two attached hydrogens (primary N) is 1. The van der Waals surface area contributed by atoms with Gasteiger partial charge in [-0.2, -0.15) is 0 Å². The molecule has 0 heterocycles. The molecule has 15 heavy (non-hydrogen) atoms. The highest BCUT2D eigenvalue weighted by Crippen LogP contribution is 2.31. The lowest BCUT2D eigenvalue weighted by Crippen LogP contribution is -2.31. The number of guanidine groups is 1. The number of hydrogen-bond donors (Lipinski definition) is 6. The van der Waals surface area contributed by atoms with Gasteiger partial charge in [-0.15, -0.1) is 0 Å². The molecule has 0 saturated heterocycles. The maximum Gasteiger partial charge on any atom is 0.339 e. The fraction of sp³-hybridized carbons (Fsp3) is 0.833. The average molecular weight is 242 g/mol. The summed E-state index contributed by atoms with van der Waals surface area (Å²) in [6, 6.07) is 0. The molecule has 0 radical (unpaired) electrons. The van der Waals surface area contributed by atoms with Crippen LogP contribution in [0.25, 0.3) is 0 Å². The lowest BCUT2D eigenvalue weighted by atomic mass is 10.3. The quantitative estimate of drug-likeness (QED) is 0.133. The third kappa shape index (κ3) is 16.0. The van der Waals surface area contributed by atoms with Crippen LogP contribution in [0.4, 0.5) is 0 Å². The van der Waals surface area contributed by atoms with Gasteiger partial charge < -0.3 is 31.6 Å². The van der Waals surface area contributed by atoms with E-state index in [9.17, 15) is 4.57 Å². The van der Waals surface area contributed by atoms with Crippen molar-refractivity contribution < 1.29 is 19.8 Å². The van der Waals surface area contributed by atoms with E-state index in [2.05, 4.69) is 10.6 Å². The van der Waals surface area contributed by atoms with Crippen LogP contribution in [0.3, 0.4) is 0 Å². The zero-order valence-corrected chi connectivity index (χ0v) is 9.26. The van der Waals surface area contributed by atoms with Crippen LogP contribution in [-0.2, 0) is 4.57 Å². The van der Waals surface area contributed by atoms with Crippen molar-refractivity contribution in [3.05, 3.63) is 0 Å². The molecule has 0 aromatic rings. The van der Waals surface area contributed by atoms with Gasteiger partial charge in [-0.3, -0.25) is 9.97 Å². The Balaban J connectivity index is 0. The number of hydrogen-bond acceptors (Lipinski definition) is 3. The van der Waals surface area contributed by atoms with Crippen molar-refractivity contribution >= 4 is 13.6 Å². The summed E-state index contributed by atoms with van der Waals surface area (Å²) in [6.07, 6.45) is 1.29. The monoisotopic (exact) mass is 242 g/mol. The van der Waals surface area contributed by atoms with E-state index < -0.39 is 7.60 Å². The van der Waals surface area contributed by atoms with E-state index >= 15 is 0 Å². The molecule has 0 aliphatic heterocycles. The van der Waals surface area contributed by atoms with Crippen molar-refractivity contribution in [2.24, 2.45) is 5.73 Å². The van der Waals surface area contributed by atoms with E-state index in [1.165, 1.54) is 0 Å². The topological polar surface area (TPSA) is 163 Å². The average Bonchev–Trinajstić information content (AvgIpc) is 2.00. The standard InChI is InChI=1S/C6H17N4O3P.H2O/c7-6(8)10-4-2-1-3-9-5-14(11,12)13;/h9H,1-5H2,(H4,7,8,10)(H2,11,12,13);1H2. The summed E-state index contributed by atoms with van der Waals surface area (Å²) in [7, 11) is -3.92. The molecule has 0 aromatic carbocycles. The summed E-state index contributed by atoms with van der Waals surface area (Å²) in [5.74, 6) is -0.0619. The van der Waals surface area contributed by atoms with Crippen molar-refractivity contribution in [2.75, 3.05) is 19.4 Å². The summed E-state index contributed by atoms with van der Waals surface area (Å²) in [5, 5.41) is 12.1. The molecule has 0 spiro atoms. The second-order valence-electron chi connectivity index (χ2n) is 2.87. The van der Waals surface area contributed by atoms with E-state index in [0.717, 1.165) is 12.8 Å². The third-order valence-electron chi connectivity index (χ3n) is 1.41. The largest absolute Gasteiger partial charge is 0.412 e. The van der Waals surface area contributed by atoms with Crippen LogP contribution in [0.1, 0.15) is 12.8 Å². The van der Waals surface area contributed by atoms with Crippen LogP contribution in [-0.4, -0.2) is 40.6 Å². The first-order valence-corrected chi connectivity index (χ1v) is 6.05. The van der Waals surface area contributed by atoms with Gasteiger partial charge in [0.25, 0.3) is 0 Å². The minimum Gasteiger partial charge on any atom is -0.412 e. The molecular weight excluding hydrogens is 223 g/mol. The van der Waals surface area contributed by atoms with Crippen LogP contribution >= 0.6 is 7.60 Å². The summed E-state index contributed by atoms with van der Waals surface area (Å²) >= 11 is 0. The Morgan fingerprint density at radius 1 is 1.33 bits per heavy atom. The Hall–Kier alpha value is -0.660. The van der Waals surface area contributed by atoms with Crippen molar-refractivity contribution in [3.63, 3.8) is 0 Å². The molecule has 0 fully saturated rings. The zero-order chi connectivity index (χ0) is 11.0. The maximum atomic E-state index is 10.4. The Kier molecular flexibility index (Phi) is 9.64. The normalized spacial score (nSPS) is 10.5. The fourth-order valence-electron chi connectivity index (χ4n) is 0.823. The predicted molar refractivity (Wildman–Crippen MR) is 57.7 cm³/mol. The Morgan fingerprint density at radius 3 is 2.33 bits per heavy atom. The van der Waals surface area contributed by atoms with Gasteiger partial charge in [0.15, 0.2) is 5.96 Å². The van der Waals surface area contributed by atoms with Gasteiger partial charge in [-0.1, -0.05) is 0 Å². The summed E-state index contributed by atoms with van der Waals surface area (Å²) in [4.78, 5) is 17.0. The van der Waals surface area contributed by atoms with E-state index in [1.807, 2.05) is 0 Å². The van der Waals surface area contributed by atoms with Crippen molar-refractivity contribution in [3.8, 4) is 0 Å². The molecule has 92 valence electrons. The lowest BCUT2D eigenvalue weighted by Gasteiger charge is -2.06. The first kappa shape index (κ1) is 16.8. The van der Waals surface area contributed by atoms with Crippen molar-refractivity contribution in [1.29, 1.82) is 5.41 Å². The third-order valence-corrected chi connectivity index (χ3v) is 2.05. The molecule has 0 aromatic heterocycles. The molecule has 0 rings (SSSR count). The summed E-state index contributed by atoms with van der Waals surface area (Å²) < 4.78 is 10.4. The molecule has 0 bridgehead atoms. The van der Waals surface area contributed by atoms with Crippen LogP contribution in [0.5, 0.6) is 0 Å². The Morgan fingerprint density at radius 2 is 1.87 bits per heavy atom. The van der Waals surface area contributed by atoms with Crippen LogP contribution in [0.2, 0.25) is 0 Å². The molecule has 9 N–H and O–H groups in total. The molecule has 0 aliphatic rings. The Labute approximate surface area is 88.2 Å². The Bertz CT molecular complexity index is 219. The van der Waals surface area contributed by atoms with Gasteiger partial charge in [-0.05, 0) is 19.4 Å². The molecule has 0 aliphatic carbocycles. The highest BCUT2D eigenvalue weighted by molar-refractivity contribution is 7.51. The molecule has 0 amide bonds. The zero-order valence-electron chi connectivity index (χ0n) is 8.36. The van der Waals surface area contributed by atoms with Gasteiger partial charge in [0, 0.05) is 6.54 Å². The van der Waals surface area contributed by atoms with Gasteiger partial charge in [-0.25, -0.2) is 0 Å². The van der Waals surface area contributed by atoms with Gasteiger partial charge >= 0.3 is 7.60 Å². The minimum absolute atomic E-state index is 0. The molecular formula is C6H19N4O4P. The highest BCUT2D eigenvalue weighted by atomic mass is 31.2.